The molecule has 4 N–H and O–H groups in total. The van der Waals surface area contributed by atoms with Crippen LogP contribution in [0.15, 0.2) is 12.3 Å². The Morgan fingerprint density at radius 3 is 2.69 bits per heavy atom. The lowest BCUT2D eigenvalue weighted by Crippen LogP contribution is -2.35. The Morgan fingerprint density at radius 1 is 1.50 bits per heavy atom. The summed E-state index contributed by atoms with van der Waals surface area (Å²) >= 11 is 0. The van der Waals surface area contributed by atoms with Crippen LogP contribution in [0.1, 0.15) is 27.2 Å². The number of anilines is 2. The second-order valence-electron chi connectivity index (χ2n) is 4.88. The fraction of sp³-hybridized carbons (Fsp3) is 0.636. The highest BCUT2D eigenvalue weighted by molar-refractivity contribution is 5.38. The standard InChI is InChI=1S/C11H20N4O/c1-11(2,3)8(5-7-16)14-9-4-6-13-10(12)15-9/h4,6,8,16H,5,7H2,1-3H3,(H3,12,13,14,15). The molecule has 1 heterocycles. The fourth-order valence-corrected chi connectivity index (χ4v) is 1.48. The number of nitrogens with one attached hydrogen (secondary N) is 1. The highest BCUT2D eigenvalue weighted by Gasteiger charge is 2.24. The molecule has 16 heavy (non-hydrogen) atoms. The Hall–Kier alpha value is -1.36. The van der Waals surface area contributed by atoms with Crippen molar-refractivity contribution in [3.8, 4) is 0 Å². The van der Waals surface area contributed by atoms with Crippen molar-refractivity contribution in [2.24, 2.45) is 5.41 Å². The van der Waals surface area contributed by atoms with E-state index in [1.165, 1.54) is 0 Å². The van der Waals surface area contributed by atoms with Crippen molar-refractivity contribution in [1.29, 1.82) is 0 Å². The maximum absolute atomic E-state index is 9.04. The van der Waals surface area contributed by atoms with Crippen LogP contribution in [-0.2, 0) is 0 Å². The van der Waals surface area contributed by atoms with Crippen molar-refractivity contribution < 1.29 is 5.11 Å². The summed E-state index contributed by atoms with van der Waals surface area (Å²) in [5.74, 6) is 0.947. The molecule has 1 aromatic heterocycles. The minimum atomic E-state index is 0.0441. The van der Waals surface area contributed by atoms with Crippen molar-refractivity contribution in [3.63, 3.8) is 0 Å². The molecular weight excluding hydrogens is 204 g/mol. The molecule has 1 rings (SSSR count). The smallest absolute Gasteiger partial charge is 0.221 e. The third-order valence-electron chi connectivity index (χ3n) is 2.46. The van der Waals surface area contributed by atoms with Crippen LogP contribution < -0.4 is 11.1 Å². The zero-order valence-corrected chi connectivity index (χ0v) is 10.1. The molecule has 5 heteroatoms. The molecule has 1 unspecified atom stereocenters. The quantitative estimate of drug-likeness (QED) is 0.717. The molecule has 0 saturated carbocycles. The van der Waals surface area contributed by atoms with E-state index >= 15 is 0 Å². The lowest BCUT2D eigenvalue weighted by molar-refractivity contribution is 0.235. The monoisotopic (exact) mass is 224 g/mol. The van der Waals surface area contributed by atoms with Gasteiger partial charge in [0.2, 0.25) is 5.95 Å². The van der Waals surface area contributed by atoms with Crippen LogP contribution in [0.2, 0.25) is 0 Å². The summed E-state index contributed by atoms with van der Waals surface area (Å²) in [6, 6.07) is 1.92. The molecule has 0 aliphatic rings. The maximum Gasteiger partial charge on any atom is 0.221 e. The number of rotatable bonds is 4. The third kappa shape index (κ3) is 3.66. The van der Waals surface area contributed by atoms with E-state index < -0.39 is 0 Å². The molecule has 0 aliphatic carbocycles. The number of nitrogens with two attached hydrogens (primary N) is 1. The van der Waals surface area contributed by atoms with Gasteiger partial charge in [-0.1, -0.05) is 20.8 Å². The summed E-state index contributed by atoms with van der Waals surface area (Å²) in [5, 5.41) is 12.3. The van der Waals surface area contributed by atoms with Gasteiger partial charge in [-0.2, -0.15) is 4.98 Å². The van der Waals surface area contributed by atoms with Crippen molar-refractivity contribution in [1.82, 2.24) is 9.97 Å². The predicted octanol–water partition coefficient (Wildman–Crippen LogP) is 1.27. The molecule has 0 spiro atoms. The van der Waals surface area contributed by atoms with Gasteiger partial charge < -0.3 is 16.2 Å². The lowest BCUT2D eigenvalue weighted by atomic mass is 9.85. The molecule has 0 bridgehead atoms. The molecule has 0 radical (unpaired) electrons. The first kappa shape index (κ1) is 12.7. The Morgan fingerprint density at radius 2 is 2.19 bits per heavy atom. The number of aromatic nitrogens is 2. The fourth-order valence-electron chi connectivity index (χ4n) is 1.48. The molecule has 1 atom stereocenters. The lowest BCUT2D eigenvalue weighted by Gasteiger charge is -2.31. The normalized spacial score (nSPS) is 13.5. The van der Waals surface area contributed by atoms with E-state index in [9.17, 15) is 0 Å². The van der Waals surface area contributed by atoms with Crippen molar-refractivity contribution in [3.05, 3.63) is 12.3 Å². The van der Waals surface area contributed by atoms with E-state index in [4.69, 9.17) is 10.8 Å². The minimum absolute atomic E-state index is 0.0441. The number of aliphatic hydroxyl groups excluding tert-OH is 1. The maximum atomic E-state index is 9.04. The Kier molecular flexibility index (Phi) is 4.06. The summed E-state index contributed by atoms with van der Waals surface area (Å²) in [6.07, 6.45) is 2.29. The summed E-state index contributed by atoms with van der Waals surface area (Å²) < 4.78 is 0. The first-order valence-electron chi connectivity index (χ1n) is 5.39. The van der Waals surface area contributed by atoms with Gasteiger partial charge in [0.25, 0.3) is 0 Å². The van der Waals surface area contributed by atoms with E-state index in [0.29, 0.717) is 12.2 Å². The van der Waals surface area contributed by atoms with Gasteiger partial charge in [0.15, 0.2) is 0 Å². The Labute approximate surface area is 96.1 Å². The zero-order valence-electron chi connectivity index (χ0n) is 10.1. The zero-order chi connectivity index (χ0) is 12.2. The molecule has 1 aromatic rings. The number of hydrogen-bond donors (Lipinski definition) is 3. The van der Waals surface area contributed by atoms with Crippen LogP contribution in [0.25, 0.3) is 0 Å². The topological polar surface area (TPSA) is 84.1 Å². The summed E-state index contributed by atoms with van der Waals surface area (Å²) in [7, 11) is 0. The van der Waals surface area contributed by atoms with Crippen LogP contribution in [0, 0.1) is 5.41 Å². The van der Waals surface area contributed by atoms with E-state index in [2.05, 4.69) is 36.1 Å². The van der Waals surface area contributed by atoms with Crippen molar-refractivity contribution in [2.45, 2.75) is 33.2 Å². The summed E-state index contributed by atoms with van der Waals surface area (Å²) in [5.41, 5.74) is 5.55. The molecule has 0 aromatic carbocycles. The predicted molar refractivity (Wildman–Crippen MR) is 65.0 cm³/mol. The van der Waals surface area contributed by atoms with E-state index in [0.717, 1.165) is 0 Å². The SMILES string of the molecule is CC(C)(C)C(CCO)Nc1ccnc(N)n1. The highest BCUT2D eigenvalue weighted by atomic mass is 16.3. The number of nitrogens with zero attached hydrogens (tertiary/aromatic N) is 2. The third-order valence-corrected chi connectivity index (χ3v) is 2.46. The minimum Gasteiger partial charge on any atom is -0.396 e. The van der Waals surface area contributed by atoms with Gasteiger partial charge in [0.05, 0.1) is 0 Å². The van der Waals surface area contributed by atoms with Crippen LogP contribution in [0.4, 0.5) is 11.8 Å². The molecular formula is C11H20N4O. The van der Waals surface area contributed by atoms with Crippen LogP contribution in [0.5, 0.6) is 0 Å². The van der Waals surface area contributed by atoms with E-state index in [1.807, 2.05) is 0 Å². The van der Waals surface area contributed by atoms with E-state index in [-0.39, 0.29) is 24.0 Å². The molecule has 0 saturated heterocycles. The highest BCUT2D eigenvalue weighted by Crippen LogP contribution is 2.24. The molecule has 90 valence electrons. The molecule has 0 fully saturated rings. The van der Waals surface area contributed by atoms with Crippen molar-refractivity contribution >= 4 is 11.8 Å². The first-order chi connectivity index (χ1) is 7.43. The Bertz CT molecular complexity index is 335. The van der Waals surface area contributed by atoms with Gasteiger partial charge in [0, 0.05) is 18.8 Å². The van der Waals surface area contributed by atoms with Crippen LogP contribution in [0.3, 0.4) is 0 Å². The second kappa shape index (κ2) is 5.12. The van der Waals surface area contributed by atoms with Gasteiger partial charge in [-0.25, -0.2) is 4.98 Å². The first-order valence-corrected chi connectivity index (χ1v) is 5.39. The summed E-state index contributed by atoms with van der Waals surface area (Å²) in [6.45, 7) is 6.50. The molecule has 0 aliphatic heterocycles. The van der Waals surface area contributed by atoms with Crippen molar-refractivity contribution in [2.75, 3.05) is 17.7 Å². The largest absolute Gasteiger partial charge is 0.396 e. The van der Waals surface area contributed by atoms with Crippen LogP contribution >= 0.6 is 0 Å². The average Bonchev–Trinajstić information content (AvgIpc) is 2.16. The van der Waals surface area contributed by atoms with E-state index in [1.54, 1.807) is 12.3 Å². The summed E-state index contributed by atoms with van der Waals surface area (Å²) in [4.78, 5) is 7.92. The number of hydrogen-bond acceptors (Lipinski definition) is 5. The number of nitrogen functional groups attached to an aromatic ring is 1. The van der Waals surface area contributed by atoms with Gasteiger partial charge in [0.1, 0.15) is 5.82 Å². The number of aliphatic hydroxyl groups is 1. The van der Waals surface area contributed by atoms with Gasteiger partial charge in [-0.3, -0.25) is 0 Å². The second-order valence-corrected chi connectivity index (χ2v) is 4.88. The Balaban J connectivity index is 2.76. The molecule has 0 amide bonds. The van der Waals surface area contributed by atoms with Gasteiger partial charge in [-0.05, 0) is 17.9 Å². The van der Waals surface area contributed by atoms with Crippen LogP contribution in [-0.4, -0.2) is 27.7 Å². The molecule has 5 nitrogen and oxygen atoms in total. The van der Waals surface area contributed by atoms with Gasteiger partial charge in [-0.15, -0.1) is 0 Å². The van der Waals surface area contributed by atoms with Gasteiger partial charge >= 0.3 is 0 Å². The average molecular weight is 224 g/mol.